The average Bonchev–Trinajstić information content (AvgIpc) is 2.73. The topological polar surface area (TPSA) is 83.9 Å². The molecule has 4 heterocycles. The number of fused-ring (bicyclic) bond motifs is 1. The van der Waals surface area contributed by atoms with Crippen molar-refractivity contribution in [2.45, 2.75) is 6.92 Å². The van der Waals surface area contributed by atoms with E-state index in [0.717, 1.165) is 27.6 Å². The van der Waals surface area contributed by atoms with Crippen molar-refractivity contribution < 1.29 is 4.79 Å². The molecule has 0 aliphatic carbocycles. The first kappa shape index (κ1) is 18.5. The molecule has 4 rings (SSSR count). The molecule has 0 spiro atoms. The van der Waals surface area contributed by atoms with Crippen LogP contribution in [0.5, 0.6) is 0 Å². The molecule has 0 fully saturated rings. The minimum absolute atomic E-state index is 0.0846. The molecule has 0 saturated carbocycles. The average molecular weight is 384 g/mol. The van der Waals surface area contributed by atoms with Crippen LogP contribution in [-0.4, -0.2) is 44.8 Å². The van der Waals surface area contributed by atoms with Gasteiger partial charge >= 0.3 is 0 Å². The number of pyridine rings is 4. The maximum atomic E-state index is 12.0. The number of carbonyl (C=O) groups excluding carboxylic acids is 1. The van der Waals surface area contributed by atoms with Crippen LogP contribution in [0, 0.1) is 6.92 Å². The van der Waals surface area contributed by atoms with Crippen molar-refractivity contribution in [3.63, 3.8) is 0 Å². The minimum atomic E-state index is -0.0846. The zero-order valence-electron chi connectivity index (χ0n) is 16.4. The molecule has 7 heteroatoms. The molecular formula is C22H20N6O. The van der Waals surface area contributed by atoms with E-state index in [9.17, 15) is 4.79 Å². The lowest BCUT2D eigenvalue weighted by molar-refractivity contribution is 0.0827. The quantitative estimate of drug-likeness (QED) is 0.575. The van der Waals surface area contributed by atoms with E-state index in [0.29, 0.717) is 17.2 Å². The molecule has 144 valence electrons. The van der Waals surface area contributed by atoms with Gasteiger partial charge in [0.1, 0.15) is 11.6 Å². The third-order valence-electron chi connectivity index (χ3n) is 4.59. The van der Waals surface area contributed by atoms with Crippen LogP contribution in [0.25, 0.3) is 22.0 Å². The van der Waals surface area contributed by atoms with Crippen molar-refractivity contribution in [2.75, 3.05) is 19.4 Å². The number of hydrogen-bond donors (Lipinski definition) is 1. The van der Waals surface area contributed by atoms with Crippen LogP contribution in [-0.2, 0) is 0 Å². The molecule has 0 bridgehead atoms. The van der Waals surface area contributed by atoms with Crippen molar-refractivity contribution in [1.82, 2.24) is 24.8 Å². The lowest BCUT2D eigenvalue weighted by atomic mass is 10.1. The lowest BCUT2D eigenvalue weighted by Crippen LogP contribution is -2.21. The Hall–Kier alpha value is -3.87. The van der Waals surface area contributed by atoms with E-state index in [-0.39, 0.29) is 5.91 Å². The van der Waals surface area contributed by atoms with Crippen molar-refractivity contribution in [1.29, 1.82) is 0 Å². The first-order chi connectivity index (χ1) is 14.0. The Labute approximate surface area is 168 Å². The van der Waals surface area contributed by atoms with Crippen LogP contribution in [0.4, 0.5) is 11.6 Å². The van der Waals surface area contributed by atoms with Gasteiger partial charge in [-0.15, -0.1) is 0 Å². The van der Waals surface area contributed by atoms with Crippen LogP contribution in [0.3, 0.4) is 0 Å². The second-order valence-electron chi connectivity index (χ2n) is 6.93. The SMILES string of the molecule is Cc1ccncc1-c1cc2cc(Nc3ccc(C(=O)N(C)C)cn3)ncc2cn1. The van der Waals surface area contributed by atoms with E-state index in [1.165, 1.54) is 4.90 Å². The van der Waals surface area contributed by atoms with Gasteiger partial charge in [-0.3, -0.25) is 14.8 Å². The number of aromatic nitrogens is 4. The maximum Gasteiger partial charge on any atom is 0.254 e. The summed E-state index contributed by atoms with van der Waals surface area (Å²) in [5, 5.41) is 5.14. The van der Waals surface area contributed by atoms with Crippen molar-refractivity contribution >= 4 is 28.3 Å². The molecule has 1 amide bonds. The third kappa shape index (κ3) is 3.89. The van der Waals surface area contributed by atoms with Gasteiger partial charge in [-0.2, -0.15) is 0 Å². The van der Waals surface area contributed by atoms with Gasteiger partial charge in [-0.05, 0) is 48.2 Å². The van der Waals surface area contributed by atoms with Gasteiger partial charge < -0.3 is 10.2 Å². The van der Waals surface area contributed by atoms with E-state index in [2.05, 4.69) is 25.3 Å². The smallest absolute Gasteiger partial charge is 0.254 e. The van der Waals surface area contributed by atoms with Gasteiger partial charge in [-0.25, -0.2) is 9.97 Å². The predicted molar refractivity (Wildman–Crippen MR) is 113 cm³/mol. The summed E-state index contributed by atoms with van der Waals surface area (Å²) in [6, 6.07) is 9.45. The Kier molecular flexibility index (Phi) is 4.87. The molecule has 29 heavy (non-hydrogen) atoms. The van der Waals surface area contributed by atoms with E-state index in [1.54, 1.807) is 44.8 Å². The van der Waals surface area contributed by atoms with E-state index >= 15 is 0 Å². The van der Waals surface area contributed by atoms with Crippen LogP contribution < -0.4 is 5.32 Å². The van der Waals surface area contributed by atoms with Gasteiger partial charge in [0.15, 0.2) is 0 Å². The number of anilines is 2. The number of rotatable bonds is 4. The second kappa shape index (κ2) is 7.63. The van der Waals surface area contributed by atoms with Crippen LogP contribution in [0.2, 0.25) is 0 Å². The minimum Gasteiger partial charge on any atom is -0.345 e. The zero-order valence-corrected chi connectivity index (χ0v) is 16.4. The molecule has 0 radical (unpaired) electrons. The molecule has 0 saturated heterocycles. The predicted octanol–water partition coefficient (Wildman–Crippen LogP) is 3.84. The number of hydrogen-bond acceptors (Lipinski definition) is 6. The largest absolute Gasteiger partial charge is 0.345 e. The number of aryl methyl sites for hydroxylation is 1. The zero-order chi connectivity index (χ0) is 20.4. The number of nitrogens with zero attached hydrogens (tertiary/aromatic N) is 5. The molecule has 4 aromatic heterocycles. The summed E-state index contributed by atoms with van der Waals surface area (Å²) in [6.07, 6.45) is 8.74. The highest BCUT2D eigenvalue weighted by Gasteiger charge is 2.09. The number of nitrogens with one attached hydrogen (secondary N) is 1. The normalized spacial score (nSPS) is 10.7. The highest BCUT2D eigenvalue weighted by atomic mass is 16.2. The Morgan fingerprint density at radius 1 is 0.897 bits per heavy atom. The van der Waals surface area contributed by atoms with Crippen molar-refractivity contribution in [3.05, 3.63) is 72.4 Å². The Balaban J connectivity index is 1.61. The molecular weight excluding hydrogens is 364 g/mol. The highest BCUT2D eigenvalue weighted by molar-refractivity contribution is 5.93. The van der Waals surface area contributed by atoms with Crippen LogP contribution >= 0.6 is 0 Å². The first-order valence-corrected chi connectivity index (χ1v) is 9.13. The molecule has 7 nitrogen and oxygen atoms in total. The summed E-state index contributed by atoms with van der Waals surface area (Å²) in [6.45, 7) is 2.04. The molecule has 1 N–H and O–H groups in total. The van der Waals surface area contributed by atoms with E-state index < -0.39 is 0 Å². The lowest BCUT2D eigenvalue weighted by Gasteiger charge is -2.11. The van der Waals surface area contributed by atoms with Gasteiger partial charge in [0, 0.05) is 56.0 Å². The van der Waals surface area contributed by atoms with Crippen molar-refractivity contribution in [3.8, 4) is 11.3 Å². The monoisotopic (exact) mass is 384 g/mol. The van der Waals surface area contributed by atoms with Crippen LogP contribution in [0.1, 0.15) is 15.9 Å². The number of amides is 1. The number of carbonyl (C=O) groups is 1. The fraction of sp³-hybridized carbons (Fsp3) is 0.136. The maximum absolute atomic E-state index is 12.0. The Morgan fingerprint density at radius 2 is 1.69 bits per heavy atom. The van der Waals surface area contributed by atoms with Crippen LogP contribution in [0.15, 0.2) is 61.3 Å². The molecule has 0 unspecified atom stereocenters. The van der Waals surface area contributed by atoms with Crippen molar-refractivity contribution in [2.24, 2.45) is 0 Å². The fourth-order valence-electron chi connectivity index (χ4n) is 2.97. The summed E-state index contributed by atoms with van der Waals surface area (Å²) in [5.41, 5.74) is 3.53. The van der Waals surface area contributed by atoms with E-state index in [4.69, 9.17) is 0 Å². The molecule has 4 aromatic rings. The fourth-order valence-corrected chi connectivity index (χ4v) is 2.97. The molecule has 0 aliphatic rings. The summed E-state index contributed by atoms with van der Waals surface area (Å²) < 4.78 is 0. The van der Waals surface area contributed by atoms with Gasteiger partial charge in [-0.1, -0.05) is 0 Å². The highest BCUT2D eigenvalue weighted by Crippen LogP contribution is 2.25. The second-order valence-corrected chi connectivity index (χ2v) is 6.93. The Morgan fingerprint density at radius 3 is 2.41 bits per heavy atom. The summed E-state index contributed by atoms with van der Waals surface area (Å²) in [5.74, 6) is 1.19. The Bertz CT molecular complexity index is 1190. The summed E-state index contributed by atoms with van der Waals surface area (Å²) in [4.78, 5) is 31.0. The van der Waals surface area contributed by atoms with E-state index in [1.807, 2.05) is 37.5 Å². The third-order valence-corrected chi connectivity index (χ3v) is 4.59. The standard InChI is InChI=1S/C22H20N6O/c1-14-6-7-23-13-18(14)19-8-16-9-21(26-12-17(16)11-24-19)27-20-5-4-15(10-25-20)22(29)28(2)3/h4-13H,1-3H3,(H,25,26,27). The first-order valence-electron chi connectivity index (χ1n) is 9.13. The molecule has 0 aliphatic heterocycles. The van der Waals surface area contributed by atoms with Gasteiger partial charge in [0.05, 0.1) is 11.3 Å². The summed E-state index contributed by atoms with van der Waals surface area (Å²) >= 11 is 0. The summed E-state index contributed by atoms with van der Waals surface area (Å²) in [7, 11) is 3.42. The molecule has 0 atom stereocenters. The molecule has 0 aromatic carbocycles. The van der Waals surface area contributed by atoms with Gasteiger partial charge in [0.25, 0.3) is 5.91 Å². The van der Waals surface area contributed by atoms with Gasteiger partial charge in [0.2, 0.25) is 0 Å².